The van der Waals surface area contributed by atoms with Crippen molar-refractivity contribution in [2.75, 3.05) is 0 Å². The highest BCUT2D eigenvalue weighted by Gasteiger charge is 2.30. The largest absolute Gasteiger partial charge is 0.492 e. The summed E-state index contributed by atoms with van der Waals surface area (Å²) in [4.78, 5) is 17.5. The number of H-pyrrole nitrogens is 1. The summed E-state index contributed by atoms with van der Waals surface area (Å²) in [6, 6.07) is 4.68. The van der Waals surface area contributed by atoms with E-state index in [4.69, 9.17) is 0 Å². The molecule has 4 nitrogen and oxygen atoms in total. The van der Waals surface area contributed by atoms with Crippen molar-refractivity contribution in [3.63, 3.8) is 0 Å². The highest BCUT2D eigenvalue weighted by atomic mass is 79.9. The molecule has 0 unspecified atom stereocenters. The van der Waals surface area contributed by atoms with Crippen LogP contribution in [0.2, 0.25) is 0 Å². The minimum absolute atomic E-state index is 0.0278. The van der Waals surface area contributed by atoms with Crippen LogP contribution in [0.4, 0.5) is 13.2 Å². The lowest BCUT2D eigenvalue weighted by molar-refractivity contribution is -0.137. The first kappa shape index (κ1) is 14.6. The molecule has 0 fully saturated rings. The van der Waals surface area contributed by atoms with Gasteiger partial charge in [-0.15, -0.1) is 0 Å². The predicted molar refractivity (Wildman–Crippen MR) is 68.5 cm³/mol. The lowest BCUT2D eigenvalue weighted by atomic mass is 10.1. The van der Waals surface area contributed by atoms with E-state index in [1.807, 2.05) is 0 Å². The third-order valence-electron chi connectivity index (χ3n) is 2.52. The fourth-order valence-electron chi connectivity index (χ4n) is 1.63. The van der Waals surface area contributed by atoms with Crippen LogP contribution >= 0.6 is 15.9 Å². The van der Waals surface area contributed by atoms with Gasteiger partial charge in [0.2, 0.25) is 5.88 Å². The monoisotopic (exact) mass is 348 g/mol. The van der Waals surface area contributed by atoms with Crippen LogP contribution in [0, 0.1) is 0 Å². The summed E-state index contributed by atoms with van der Waals surface area (Å²) in [5.41, 5.74) is -1.05. The number of hydrogen-bond acceptors (Lipinski definition) is 3. The SMILES string of the molecule is O=c1[nH]c(Cc2cccc(C(F)(F)F)c2)nc(O)c1Br. The molecule has 20 heavy (non-hydrogen) atoms. The zero-order chi connectivity index (χ0) is 14.9. The van der Waals surface area contributed by atoms with E-state index in [1.165, 1.54) is 12.1 Å². The molecule has 0 amide bonds. The van der Waals surface area contributed by atoms with Crippen LogP contribution in [0.3, 0.4) is 0 Å². The molecule has 1 aromatic carbocycles. The normalized spacial score (nSPS) is 11.6. The van der Waals surface area contributed by atoms with Crippen LogP contribution in [0.5, 0.6) is 5.88 Å². The van der Waals surface area contributed by atoms with Gasteiger partial charge in [-0.3, -0.25) is 4.79 Å². The highest BCUT2D eigenvalue weighted by molar-refractivity contribution is 9.10. The Labute approximate surface area is 119 Å². The van der Waals surface area contributed by atoms with Crippen LogP contribution in [-0.4, -0.2) is 15.1 Å². The summed E-state index contributed by atoms with van der Waals surface area (Å²) in [5.74, 6) is -0.425. The molecular formula is C12H8BrF3N2O2. The van der Waals surface area contributed by atoms with Gasteiger partial charge in [0.15, 0.2) is 0 Å². The average molecular weight is 349 g/mol. The van der Waals surface area contributed by atoms with E-state index in [-0.39, 0.29) is 16.7 Å². The van der Waals surface area contributed by atoms with E-state index >= 15 is 0 Å². The van der Waals surface area contributed by atoms with E-state index in [1.54, 1.807) is 0 Å². The van der Waals surface area contributed by atoms with Gasteiger partial charge >= 0.3 is 6.18 Å². The van der Waals surface area contributed by atoms with Gasteiger partial charge in [-0.25, -0.2) is 0 Å². The van der Waals surface area contributed by atoms with Crippen molar-refractivity contribution >= 4 is 15.9 Å². The zero-order valence-electron chi connectivity index (χ0n) is 9.83. The second-order valence-electron chi connectivity index (χ2n) is 4.03. The Balaban J connectivity index is 2.33. The molecule has 0 saturated carbocycles. The summed E-state index contributed by atoms with van der Waals surface area (Å²) >= 11 is 2.83. The lowest BCUT2D eigenvalue weighted by Gasteiger charge is -2.08. The van der Waals surface area contributed by atoms with E-state index < -0.39 is 23.2 Å². The number of aromatic nitrogens is 2. The van der Waals surface area contributed by atoms with Gasteiger partial charge in [0.1, 0.15) is 10.3 Å². The molecular weight excluding hydrogens is 341 g/mol. The second-order valence-corrected chi connectivity index (χ2v) is 4.82. The standard InChI is InChI=1S/C12H8BrF3N2O2/c13-9-10(19)17-8(18-11(9)20)5-6-2-1-3-7(4-6)12(14,15)16/h1-4H,5H2,(H2,17,18,19,20). The number of rotatable bonds is 2. The lowest BCUT2D eigenvalue weighted by Crippen LogP contribution is -2.12. The highest BCUT2D eigenvalue weighted by Crippen LogP contribution is 2.29. The van der Waals surface area contributed by atoms with Crippen LogP contribution in [0.15, 0.2) is 33.5 Å². The van der Waals surface area contributed by atoms with Gasteiger partial charge in [0, 0.05) is 6.42 Å². The first-order chi connectivity index (χ1) is 9.27. The molecule has 1 aromatic heterocycles. The maximum Gasteiger partial charge on any atom is 0.416 e. The zero-order valence-corrected chi connectivity index (χ0v) is 11.4. The maximum atomic E-state index is 12.6. The van der Waals surface area contributed by atoms with Gasteiger partial charge < -0.3 is 10.1 Å². The van der Waals surface area contributed by atoms with Gasteiger partial charge in [0.05, 0.1) is 5.56 Å². The Morgan fingerprint density at radius 1 is 1.35 bits per heavy atom. The second kappa shape index (κ2) is 5.28. The van der Waals surface area contributed by atoms with Gasteiger partial charge in [-0.05, 0) is 27.6 Å². The fraction of sp³-hybridized carbons (Fsp3) is 0.167. The molecule has 0 radical (unpaired) electrons. The number of aromatic amines is 1. The van der Waals surface area contributed by atoms with Crippen LogP contribution in [0.1, 0.15) is 17.0 Å². The Bertz CT molecular complexity index is 698. The van der Waals surface area contributed by atoms with Crippen molar-refractivity contribution in [3.8, 4) is 5.88 Å². The number of alkyl halides is 3. The summed E-state index contributed by atoms with van der Waals surface area (Å²) in [5, 5.41) is 9.38. The Hall–Kier alpha value is -1.83. The quantitative estimate of drug-likeness (QED) is 0.876. The number of nitrogens with zero attached hydrogens (tertiary/aromatic N) is 1. The average Bonchev–Trinajstić information content (AvgIpc) is 2.35. The van der Waals surface area contributed by atoms with Crippen molar-refractivity contribution in [2.24, 2.45) is 0 Å². The van der Waals surface area contributed by atoms with Crippen molar-refractivity contribution in [1.29, 1.82) is 0 Å². The molecule has 2 aromatic rings. The third kappa shape index (κ3) is 3.19. The van der Waals surface area contributed by atoms with Crippen LogP contribution in [-0.2, 0) is 12.6 Å². The Kier molecular flexibility index (Phi) is 3.85. The van der Waals surface area contributed by atoms with E-state index in [2.05, 4.69) is 25.9 Å². The molecule has 0 atom stereocenters. The molecule has 1 heterocycles. The molecule has 0 aliphatic heterocycles. The fourth-order valence-corrected chi connectivity index (χ4v) is 1.81. The molecule has 0 spiro atoms. The minimum Gasteiger partial charge on any atom is -0.492 e. The number of halogens is 4. The van der Waals surface area contributed by atoms with Gasteiger partial charge in [-0.1, -0.05) is 18.2 Å². The summed E-state index contributed by atoms with van der Waals surface area (Å²) in [6.07, 6.45) is -4.46. The smallest absolute Gasteiger partial charge is 0.416 e. The molecule has 0 aliphatic carbocycles. The number of nitrogens with one attached hydrogen (secondary N) is 1. The van der Waals surface area contributed by atoms with Crippen molar-refractivity contribution in [3.05, 3.63) is 56.0 Å². The summed E-state index contributed by atoms with van der Waals surface area (Å²) in [6.45, 7) is 0. The Morgan fingerprint density at radius 2 is 2.05 bits per heavy atom. The van der Waals surface area contributed by atoms with Crippen LogP contribution < -0.4 is 5.56 Å². The molecule has 2 rings (SSSR count). The van der Waals surface area contributed by atoms with Crippen molar-refractivity contribution in [1.82, 2.24) is 9.97 Å². The molecule has 0 saturated heterocycles. The molecule has 0 bridgehead atoms. The molecule has 2 N–H and O–H groups in total. The summed E-state index contributed by atoms with van der Waals surface area (Å²) in [7, 11) is 0. The predicted octanol–water partition coefficient (Wildman–Crippen LogP) is 2.85. The topological polar surface area (TPSA) is 66.0 Å². The number of benzene rings is 1. The minimum atomic E-state index is -4.43. The van der Waals surface area contributed by atoms with E-state index in [0.717, 1.165) is 12.1 Å². The van der Waals surface area contributed by atoms with Crippen molar-refractivity contribution in [2.45, 2.75) is 12.6 Å². The van der Waals surface area contributed by atoms with Gasteiger partial charge in [-0.2, -0.15) is 18.2 Å². The van der Waals surface area contributed by atoms with Crippen LogP contribution in [0.25, 0.3) is 0 Å². The summed E-state index contributed by atoms with van der Waals surface area (Å²) < 4.78 is 37.6. The van der Waals surface area contributed by atoms with Gasteiger partial charge in [0.25, 0.3) is 5.56 Å². The van der Waals surface area contributed by atoms with E-state index in [9.17, 15) is 23.1 Å². The number of hydrogen-bond donors (Lipinski definition) is 2. The van der Waals surface area contributed by atoms with E-state index in [0.29, 0.717) is 5.56 Å². The Morgan fingerprint density at radius 3 is 2.65 bits per heavy atom. The van der Waals surface area contributed by atoms with Crippen molar-refractivity contribution < 1.29 is 18.3 Å². The first-order valence-corrected chi connectivity index (χ1v) is 6.20. The first-order valence-electron chi connectivity index (χ1n) is 5.41. The molecule has 8 heteroatoms. The molecule has 0 aliphatic rings. The third-order valence-corrected chi connectivity index (χ3v) is 3.23. The molecule has 106 valence electrons. The maximum absolute atomic E-state index is 12.6. The number of aromatic hydroxyl groups is 1.